The Hall–Kier alpha value is -2.98. The molecular weight excluding hydrogens is 398 g/mol. The molecule has 0 radical (unpaired) electrons. The van der Waals surface area contributed by atoms with Crippen molar-refractivity contribution in [3.8, 4) is 0 Å². The van der Waals surface area contributed by atoms with Crippen LogP contribution in [-0.4, -0.2) is 38.5 Å². The van der Waals surface area contributed by atoms with Crippen molar-refractivity contribution in [2.45, 2.75) is 30.3 Å². The summed E-state index contributed by atoms with van der Waals surface area (Å²) in [6.07, 6.45) is 2.85. The van der Waals surface area contributed by atoms with E-state index in [0.29, 0.717) is 13.2 Å². The molecule has 0 aromatic heterocycles. The van der Waals surface area contributed by atoms with E-state index in [1.165, 1.54) is 24.3 Å². The van der Waals surface area contributed by atoms with Gasteiger partial charge in [-0.25, -0.2) is 13.1 Å². The lowest BCUT2D eigenvalue weighted by Crippen LogP contribution is -2.30. The number of carbonyl (C=O) groups is 1. The molecule has 2 aromatic rings. The number of nitro groups is 1. The van der Waals surface area contributed by atoms with Crippen molar-refractivity contribution in [2.75, 3.05) is 18.5 Å². The Bertz CT molecular complexity index is 988. The van der Waals surface area contributed by atoms with Gasteiger partial charge in [-0.1, -0.05) is 18.2 Å². The fourth-order valence-corrected chi connectivity index (χ4v) is 3.99. The van der Waals surface area contributed by atoms with Gasteiger partial charge < -0.3 is 10.1 Å². The summed E-state index contributed by atoms with van der Waals surface area (Å²) in [5.74, 6) is -0.815. The number of hydrogen-bond donors (Lipinski definition) is 2. The highest BCUT2D eigenvalue weighted by Crippen LogP contribution is 2.28. The monoisotopic (exact) mass is 419 g/mol. The van der Waals surface area contributed by atoms with Gasteiger partial charge in [0, 0.05) is 24.8 Å². The fraction of sp³-hybridized carbons (Fsp3) is 0.316. The third-order valence-electron chi connectivity index (χ3n) is 4.53. The zero-order chi connectivity index (χ0) is 20.9. The number of benzene rings is 2. The van der Waals surface area contributed by atoms with Crippen LogP contribution in [0.1, 0.15) is 29.6 Å². The van der Waals surface area contributed by atoms with Crippen LogP contribution in [0.4, 0.5) is 11.4 Å². The molecule has 1 aliphatic rings. The number of ether oxygens (including phenoxy) is 1. The molecule has 0 bridgehead atoms. The quantitative estimate of drug-likeness (QED) is 0.522. The third-order valence-corrected chi connectivity index (χ3v) is 5.86. The summed E-state index contributed by atoms with van der Waals surface area (Å²) in [5.41, 5.74) is -0.0373. The first-order valence-electron chi connectivity index (χ1n) is 9.13. The number of rotatable bonds is 7. The maximum absolute atomic E-state index is 12.5. The van der Waals surface area contributed by atoms with Crippen molar-refractivity contribution in [2.24, 2.45) is 0 Å². The average Bonchev–Trinajstić information content (AvgIpc) is 2.73. The molecule has 1 aliphatic heterocycles. The molecular formula is C19H21N3O6S. The van der Waals surface area contributed by atoms with E-state index in [2.05, 4.69) is 5.32 Å². The lowest BCUT2D eigenvalue weighted by molar-refractivity contribution is -0.384. The number of carbonyl (C=O) groups excluding carboxylic acids is 1. The summed E-state index contributed by atoms with van der Waals surface area (Å²) < 4.78 is 32.5. The average molecular weight is 419 g/mol. The number of amides is 1. The van der Waals surface area contributed by atoms with Gasteiger partial charge in [0.25, 0.3) is 21.6 Å². The fourth-order valence-electron chi connectivity index (χ4n) is 3.00. The van der Waals surface area contributed by atoms with Crippen LogP contribution in [0, 0.1) is 10.1 Å². The van der Waals surface area contributed by atoms with E-state index < -0.39 is 26.5 Å². The van der Waals surface area contributed by atoms with Gasteiger partial charge in [-0.3, -0.25) is 14.9 Å². The summed E-state index contributed by atoms with van der Waals surface area (Å²) in [7, 11) is -4.27. The molecule has 9 nitrogen and oxygen atoms in total. The second-order valence-corrected chi connectivity index (χ2v) is 8.29. The summed E-state index contributed by atoms with van der Waals surface area (Å²) in [6.45, 7) is 1.05. The standard InChI is InChI=1S/C19H21N3O6S/c23-19(14-6-2-1-3-7-14)21-29(26,27)16-9-10-17(18(12-16)22(24)25)20-13-15-8-4-5-11-28-15/h1-3,6-7,9-10,12,15,20H,4-5,8,11,13H2,(H,21,23). The summed E-state index contributed by atoms with van der Waals surface area (Å²) in [4.78, 5) is 22.6. The first kappa shape index (κ1) is 20.7. The van der Waals surface area contributed by atoms with Crippen LogP contribution < -0.4 is 10.0 Å². The molecule has 154 valence electrons. The zero-order valence-electron chi connectivity index (χ0n) is 15.5. The minimum atomic E-state index is -4.27. The molecule has 1 amide bonds. The maximum Gasteiger partial charge on any atom is 0.293 e. The molecule has 2 N–H and O–H groups in total. The largest absolute Gasteiger partial charge is 0.377 e. The number of nitro benzene ring substituents is 1. The lowest BCUT2D eigenvalue weighted by atomic mass is 10.1. The molecule has 1 atom stereocenters. The molecule has 10 heteroatoms. The SMILES string of the molecule is O=C(NS(=O)(=O)c1ccc(NCC2CCCCO2)c([N+](=O)[O-])c1)c1ccccc1. The van der Waals surface area contributed by atoms with Gasteiger partial charge >= 0.3 is 0 Å². The maximum atomic E-state index is 12.5. The normalized spacial score (nSPS) is 16.8. The highest BCUT2D eigenvalue weighted by atomic mass is 32.2. The summed E-state index contributed by atoms with van der Waals surface area (Å²) >= 11 is 0. The Balaban J connectivity index is 1.77. The van der Waals surface area contributed by atoms with Gasteiger partial charge in [0.15, 0.2) is 0 Å². The number of nitrogens with one attached hydrogen (secondary N) is 2. The Labute approximate surface area is 168 Å². The topological polar surface area (TPSA) is 128 Å². The highest BCUT2D eigenvalue weighted by Gasteiger charge is 2.24. The van der Waals surface area contributed by atoms with Crippen molar-refractivity contribution in [1.82, 2.24) is 4.72 Å². The Kier molecular flexibility index (Phi) is 6.45. The van der Waals surface area contributed by atoms with Crippen LogP contribution >= 0.6 is 0 Å². The second-order valence-electron chi connectivity index (χ2n) is 6.61. The van der Waals surface area contributed by atoms with Crippen molar-refractivity contribution in [1.29, 1.82) is 0 Å². The van der Waals surface area contributed by atoms with Crippen LogP contribution in [-0.2, 0) is 14.8 Å². The molecule has 2 aromatic carbocycles. The molecule has 3 rings (SSSR count). The highest BCUT2D eigenvalue weighted by molar-refractivity contribution is 7.90. The predicted octanol–water partition coefficient (Wildman–Crippen LogP) is 2.69. The van der Waals surface area contributed by atoms with Crippen LogP contribution in [0.15, 0.2) is 53.4 Å². The number of nitrogens with zero attached hydrogens (tertiary/aromatic N) is 1. The van der Waals surface area contributed by atoms with E-state index in [4.69, 9.17) is 4.74 Å². The molecule has 1 unspecified atom stereocenters. The first-order valence-corrected chi connectivity index (χ1v) is 10.6. The Morgan fingerprint density at radius 1 is 1.17 bits per heavy atom. The van der Waals surface area contributed by atoms with E-state index in [0.717, 1.165) is 25.3 Å². The summed E-state index contributed by atoms with van der Waals surface area (Å²) in [6, 6.07) is 11.3. The van der Waals surface area contributed by atoms with Gasteiger partial charge in [0.1, 0.15) is 5.69 Å². The van der Waals surface area contributed by atoms with Gasteiger partial charge in [-0.2, -0.15) is 0 Å². The molecule has 1 saturated heterocycles. The van der Waals surface area contributed by atoms with Gasteiger partial charge in [-0.05, 0) is 43.5 Å². The molecule has 0 aliphatic carbocycles. The first-order chi connectivity index (χ1) is 13.9. The van der Waals surface area contributed by atoms with Crippen molar-refractivity contribution in [3.63, 3.8) is 0 Å². The molecule has 1 heterocycles. The number of sulfonamides is 1. The van der Waals surface area contributed by atoms with E-state index >= 15 is 0 Å². The van der Waals surface area contributed by atoms with Crippen molar-refractivity contribution < 1.29 is 22.9 Å². The van der Waals surface area contributed by atoms with E-state index in [1.54, 1.807) is 18.2 Å². The van der Waals surface area contributed by atoms with Gasteiger partial charge in [-0.15, -0.1) is 0 Å². The minimum absolute atomic E-state index is 0.0445. The molecule has 0 saturated carbocycles. The van der Waals surface area contributed by atoms with E-state index in [-0.39, 0.29) is 22.3 Å². The van der Waals surface area contributed by atoms with Crippen LogP contribution in [0.2, 0.25) is 0 Å². The predicted molar refractivity (Wildman–Crippen MR) is 106 cm³/mol. The Morgan fingerprint density at radius 2 is 1.93 bits per heavy atom. The van der Waals surface area contributed by atoms with Crippen LogP contribution in [0.25, 0.3) is 0 Å². The van der Waals surface area contributed by atoms with Crippen LogP contribution in [0.5, 0.6) is 0 Å². The van der Waals surface area contributed by atoms with Crippen LogP contribution in [0.3, 0.4) is 0 Å². The smallest absolute Gasteiger partial charge is 0.293 e. The Morgan fingerprint density at radius 3 is 2.59 bits per heavy atom. The van der Waals surface area contributed by atoms with E-state index in [1.807, 2.05) is 4.72 Å². The van der Waals surface area contributed by atoms with Gasteiger partial charge in [0.2, 0.25) is 0 Å². The summed E-state index contributed by atoms with van der Waals surface area (Å²) in [5, 5.41) is 14.4. The number of anilines is 1. The van der Waals surface area contributed by atoms with Crippen molar-refractivity contribution in [3.05, 3.63) is 64.2 Å². The number of hydrogen-bond acceptors (Lipinski definition) is 7. The molecule has 1 fully saturated rings. The van der Waals surface area contributed by atoms with Crippen molar-refractivity contribution >= 4 is 27.3 Å². The second kappa shape index (κ2) is 9.01. The zero-order valence-corrected chi connectivity index (χ0v) is 16.4. The lowest BCUT2D eigenvalue weighted by Gasteiger charge is -2.23. The minimum Gasteiger partial charge on any atom is -0.377 e. The third kappa shape index (κ3) is 5.30. The van der Waals surface area contributed by atoms with E-state index in [9.17, 15) is 23.3 Å². The molecule has 29 heavy (non-hydrogen) atoms. The molecule has 0 spiro atoms. The van der Waals surface area contributed by atoms with Gasteiger partial charge in [0.05, 0.1) is 15.9 Å².